The molecule has 14 N–H and O–H groups in total. The van der Waals surface area contributed by atoms with E-state index in [0.717, 1.165) is 0 Å². The molecule has 0 aromatic carbocycles. The monoisotopic (exact) mass is 509 g/mol. The molecule has 2 saturated heterocycles. The molecule has 3 fully saturated rings. The highest BCUT2D eigenvalue weighted by Crippen LogP contribution is 2.31. The van der Waals surface area contributed by atoms with Crippen LogP contribution in [0.1, 0.15) is 6.42 Å². The lowest BCUT2D eigenvalue weighted by Crippen LogP contribution is -2.68. The van der Waals surface area contributed by atoms with Crippen LogP contribution in [0, 0.1) is 0 Å². The van der Waals surface area contributed by atoms with Crippen LogP contribution in [0.5, 0.6) is 0 Å². The number of nitrogens with two attached hydrogens (primary N) is 4. The fourth-order valence-corrected chi connectivity index (χ4v) is 4.52. The van der Waals surface area contributed by atoms with E-state index in [2.05, 4.69) is 10.0 Å². The molecule has 3 aliphatic rings. The first-order valence-electron chi connectivity index (χ1n) is 11.2. The first-order valence-corrected chi connectivity index (χ1v) is 11.2. The molecule has 2 aliphatic heterocycles. The van der Waals surface area contributed by atoms with E-state index in [-0.39, 0.29) is 19.5 Å². The van der Waals surface area contributed by atoms with E-state index in [0.29, 0.717) is 0 Å². The van der Waals surface area contributed by atoms with E-state index >= 15 is 0 Å². The molecule has 1 aliphatic carbocycles. The van der Waals surface area contributed by atoms with Crippen LogP contribution in [0.3, 0.4) is 0 Å². The van der Waals surface area contributed by atoms with E-state index in [1.54, 1.807) is 0 Å². The topological polar surface area (TPSA) is 311 Å². The molecule has 2 heterocycles. The van der Waals surface area contributed by atoms with Crippen LogP contribution in [0.15, 0.2) is 5.11 Å². The third kappa shape index (κ3) is 5.85. The minimum absolute atomic E-state index is 0.0698. The summed E-state index contributed by atoms with van der Waals surface area (Å²) in [5, 5.41) is 65.3. The van der Waals surface area contributed by atoms with Gasteiger partial charge in [0.25, 0.3) is 0 Å². The molecule has 0 aromatic heterocycles. The Morgan fingerprint density at radius 3 is 1.86 bits per heavy atom. The molecule has 0 aromatic rings. The minimum Gasteiger partial charge on any atom is -0.389 e. The summed E-state index contributed by atoms with van der Waals surface area (Å²) in [6.45, 7) is -0.470. The molecule has 0 amide bonds. The normalized spacial score (nSPS) is 51.0. The van der Waals surface area contributed by atoms with Crippen molar-refractivity contribution < 1.29 is 49.6 Å². The maximum atomic E-state index is 11.0. The summed E-state index contributed by atoms with van der Waals surface area (Å²) in [7, 11) is 0. The standard InChI is InChI=1S/C18H35N7O10/c19-2-6-10(27)12(29)13(30)18(32-6)35-16-5(21)1-4(20)15(14(16)31)34-17-11(28)8(22)9(26)7(33-17)3-24-25-23/h4-18,26-31H,1-3,19-22H2/t4-,5?,6?,7?,8?,9-,10-,11-,12+,13?,14-,15?,16-,17-,18-/m1/s1. The molecule has 17 nitrogen and oxygen atoms in total. The van der Waals surface area contributed by atoms with Crippen LogP contribution in [0.4, 0.5) is 0 Å². The molecule has 17 heteroatoms. The van der Waals surface area contributed by atoms with Crippen molar-refractivity contribution >= 4 is 0 Å². The largest absolute Gasteiger partial charge is 0.389 e. The first-order chi connectivity index (χ1) is 16.5. The number of nitrogens with zero attached hydrogens (tertiary/aromatic N) is 3. The van der Waals surface area contributed by atoms with Gasteiger partial charge in [0.1, 0.15) is 48.8 Å². The Kier molecular flexibility index (Phi) is 9.60. The van der Waals surface area contributed by atoms with Crippen molar-refractivity contribution in [2.24, 2.45) is 28.0 Å². The molecular weight excluding hydrogens is 474 g/mol. The van der Waals surface area contributed by atoms with Gasteiger partial charge in [-0.1, -0.05) is 5.11 Å². The van der Waals surface area contributed by atoms with Gasteiger partial charge in [-0.15, -0.1) is 0 Å². The van der Waals surface area contributed by atoms with Crippen molar-refractivity contribution in [2.75, 3.05) is 13.1 Å². The Morgan fingerprint density at radius 1 is 0.771 bits per heavy atom. The second kappa shape index (κ2) is 11.9. The summed E-state index contributed by atoms with van der Waals surface area (Å²) < 4.78 is 22.4. The highest BCUT2D eigenvalue weighted by molar-refractivity contribution is 5.01. The lowest BCUT2D eigenvalue weighted by Gasteiger charge is -2.48. The van der Waals surface area contributed by atoms with Crippen molar-refractivity contribution in [3.05, 3.63) is 10.4 Å². The van der Waals surface area contributed by atoms with Gasteiger partial charge in [-0.2, -0.15) is 0 Å². The van der Waals surface area contributed by atoms with E-state index in [1.165, 1.54) is 0 Å². The Bertz CT molecular complexity index is 748. The zero-order chi connectivity index (χ0) is 26.0. The highest BCUT2D eigenvalue weighted by Gasteiger charge is 2.51. The van der Waals surface area contributed by atoms with E-state index < -0.39 is 91.7 Å². The van der Waals surface area contributed by atoms with E-state index in [4.69, 9.17) is 47.4 Å². The number of aliphatic hydroxyl groups is 6. The summed E-state index contributed by atoms with van der Waals surface area (Å²) in [5.41, 5.74) is 32.2. The quantitative estimate of drug-likeness (QED) is 0.0867. The Labute approximate surface area is 200 Å². The van der Waals surface area contributed by atoms with Crippen molar-refractivity contribution in [2.45, 2.75) is 98.2 Å². The maximum Gasteiger partial charge on any atom is 0.187 e. The van der Waals surface area contributed by atoms with Gasteiger partial charge in [-0.05, 0) is 12.0 Å². The first kappa shape index (κ1) is 28.3. The van der Waals surface area contributed by atoms with Gasteiger partial charge in [0.05, 0.1) is 24.8 Å². The SMILES string of the molecule is [N-]=[N+]=NCC1O[C@H](OC2[C@H](N)CC(N)[C@@H](O[C@H]3OC(CN)[C@@H](O)[C@H](O)C3O)[C@@H]2O)[C@H](O)C(N)[C@@H]1O. The molecule has 202 valence electrons. The third-order valence-corrected chi connectivity index (χ3v) is 6.63. The van der Waals surface area contributed by atoms with Gasteiger partial charge >= 0.3 is 0 Å². The van der Waals surface area contributed by atoms with Crippen molar-refractivity contribution in [3.63, 3.8) is 0 Å². The van der Waals surface area contributed by atoms with Gasteiger partial charge in [0.15, 0.2) is 12.6 Å². The van der Waals surface area contributed by atoms with Crippen molar-refractivity contribution in [3.8, 4) is 0 Å². The predicted octanol–water partition coefficient (Wildman–Crippen LogP) is -5.97. The van der Waals surface area contributed by atoms with Crippen LogP contribution in [0.2, 0.25) is 0 Å². The molecule has 35 heavy (non-hydrogen) atoms. The molecule has 3 rings (SSSR count). The summed E-state index contributed by atoms with van der Waals surface area (Å²) in [4.78, 5) is 2.60. The molecule has 0 radical (unpaired) electrons. The molecule has 1 saturated carbocycles. The lowest BCUT2D eigenvalue weighted by atomic mass is 9.84. The number of azide groups is 1. The molecule has 6 unspecified atom stereocenters. The fraction of sp³-hybridized carbons (Fsp3) is 1.00. The van der Waals surface area contributed by atoms with Gasteiger partial charge in [-0.25, -0.2) is 0 Å². The zero-order valence-electron chi connectivity index (χ0n) is 18.7. The number of hydrogen-bond acceptors (Lipinski definition) is 15. The fourth-order valence-electron chi connectivity index (χ4n) is 4.52. The maximum absolute atomic E-state index is 11.0. The smallest absolute Gasteiger partial charge is 0.187 e. The third-order valence-electron chi connectivity index (χ3n) is 6.63. The van der Waals surface area contributed by atoms with Crippen LogP contribution >= 0.6 is 0 Å². The average Bonchev–Trinajstić information content (AvgIpc) is 2.83. The van der Waals surface area contributed by atoms with Crippen molar-refractivity contribution in [1.29, 1.82) is 0 Å². The second-order valence-corrected chi connectivity index (χ2v) is 9.02. The molecule has 15 atom stereocenters. The lowest BCUT2D eigenvalue weighted by molar-refractivity contribution is -0.330. The summed E-state index contributed by atoms with van der Waals surface area (Å²) in [5.74, 6) is 0. The predicted molar refractivity (Wildman–Crippen MR) is 115 cm³/mol. The van der Waals surface area contributed by atoms with Gasteiger partial charge in [0, 0.05) is 23.5 Å². The van der Waals surface area contributed by atoms with Gasteiger partial charge in [-0.3, -0.25) is 0 Å². The number of rotatable bonds is 7. The molecular formula is C18H35N7O10. The van der Waals surface area contributed by atoms with Crippen LogP contribution < -0.4 is 22.9 Å². The van der Waals surface area contributed by atoms with Crippen molar-refractivity contribution in [1.82, 2.24) is 0 Å². The van der Waals surface area contributed by atoms with Gasteiger partial charge < -0.3 is 72.5 Å². The average molecular weight is 510 g/mol. The van der Waals surface area contributed by atoms with Crippen LogP contribution in [-0.4, -0.2) is 135 Å². The van der Waals surface area contributed by atoms with E-state index in [1.807, 2.05) is 0 Å². The Morgan fingerprint density at radius 2 is 1.31 bits per heavy atom. The molecule has 0 bridgehead atoms. The second-order valence-electron chi connectivity index (χ2n) is 9.02. The summed E-state index contributed by atoms with van der Waals surface area (Å²) in [6.07, 6.45) is -16.6. The number of ether oxygens (including phenoxy) is 4. The summed E-state index contributed by atoms with van der Waals surface area (Å²) in [6, 6.07) is -2.92. The van der Waals surface area contributed by atoms with Gasteiger partial charge in [0.2, 0.25) is 0 Å². The van der Waals surface area contributed by atoms with Crippen LogP contribution in [-0.2, 0) is 18.9 Å². The van der Waals surface area contributed by atoms with E-state index in [9.17, 15) is 30.6 Å². The number of aliphatic hydroxyl groups excluding tert-OH is 6. The Hall–Kier alpha value is -1.25. The zero-order valence-corrected chi connectivity index (χ0v) is 18.7. The van der Waals surface area contributed by atoms with Crippen LogP contribution in [0.25, 0.3) is 10.4 Å². The highest BCUT2D eigenvalue weighted by atomic mass is 16.7. The summed E-state index contributed by atoms with van der Waals surface area (Å²) >= 11 is 0. The molecule has 0 spiro atoms. The number of hydrogen-bond donors (Lipinski definition) is 10. The Balaban J connectivity index is 1.73. The minimum atomic E-state index is -1.67.